The minimum Gasteiger partial charge on any atom is -0.394 e. The molecule has 0 bridgehead atoms. The van der Waals surface area contributed by atoms with E-state index in [9.17, 15) is 5.11 Å². The average molecular weight is 283 g/mol. The van der Waals surface area contributed by atoms with Crippen molar-refractivity contribution in [1.82, 2.24) is 5.32 Å². The summed E-state index contributed by atoms with van der Waals surface area (Å²) < 4.78 is 0. The lowest BCUT2D eigenvalue weighted by Crippen LogP contribution is -2.35. The van der Waals surface area contributed by atoms with Crippen LogP contribution in [0.3, 0.4) is 0 Å². The molecule has 0 spiro atoms. The number of rotatable bonds is 6. The van der Waals surface area contributed by atoms with E-state index in [1.165, 1.54) is 11.1 Å². The van der Waals surface area contributed by atoms with Gasteiger partial charge in [0.2, 0.25) is 0 Å². The summed E-state index contributed by atoms with van der Waals surface area (Å²) in [6.45, 7) is 9.14. The van der Waals surface area contributed by atoms with E-state index >= 15 is 0 Å². The van der Waals surface area contributed by atoms with E-state index in [-0.39, 0.29) is 12.1 Å². The third kappa shape index (κ3) is 6.43. The van der Waals surface area contributed by atoms with Crippen LogP contribution in [0.1, 0.15) is 31.9 Å². The van der Waals surface area contributed by atoms with Gasteiger partial charge in [0.15, 0.2) is 0 Å². The van der Waals surface area contributed by atoms with Gasteiger partial charge in [0.1, 0.15) is 0 Å². The maximum atomic E-state index is 9.44. The zero-order valence-corrected chi connectivity index (χ0v) is 13.0. The summed E-state index contributed by atoms with van der Waals surface area (Å²) >= 11 is 1.59. The Morgan fingerprint density at radius 3 is 2.58 bits per heavy atom. The van der Waals surface area contributed by atoms with Crippen molar-refractivity contribution in [3.8, 4) is 0 Å². The molecule has 0 amide bonds. The molecule has 1 aromatic rings. The number of hydrogen-bond acceptors (Lipinski definition) is 4. The first kappa shape index (κ1) is 16.5. The highest BCUT2D eigenvalue weighted by molar-refractivity contribution is 7.99. The molecule has 3 nitrogen and oxygen atoms in total. The monoisotopic (exact) mass is 283 g/mol. The van der Waals surface area contributed by atoms with Crippen LogP contribution < -0.4 is 5.32 Å². The Labute approximate surface area is 120 Å². The molecule has 1 rings (SSSR count). The van der Waals surface area contributed by atoms with Gasteiger partial charge in [0, 0.05) is 22.7 Å². The smallest absolute Gasteiger partial charge is 0.0864 e. The van der Waals surface area contributed by atoms with Gasteiger partial charge in [-0.3, -0.25) is 0 Å². The zero-order chi connectivity index (χ0) is 14.5. The molecule has 1 aromatic carbocycles. The lowest BCUT2D eigenvalue weighted by Gasteiger charge is -2.22. The van der Waals surface area contributed by atoms with Crippen molar-refractivity contribution in [2.24, 2.45) is 0 Å². The van der Waals surface area contributed by atoms with Gasteiger partial charge in [-0.2, -0.15) is 0 Å². The Kier molecular flexibility index (Phi) is 6.33. The van der Waals surface area contributed by atoms with Crippen LogP contribution in [0.25, 0.3) is 0 Å². The summed E-state index contributed by atoms with van der Waals surface area (Å²) in [6.07, 6.45) is -0.658. The number of aliphatic hydroxyl groups excluding tert-OH is 2. The zero-order valence-electron chi connectivity index (χ0n) is 12.2. The second-order valence-corrected chi connectivity index (χ2v) is 6.92. The van der Waals surface area contributed by atoms with E-state index in [0.717, 1.165) is 11.4 Å². The molecule has 108 valence electrons. The predicted octanol–water partition coefficient (Wildman–Crippen LogP) is 2.33. The van der Waals surface area contributed by atoms with Crippen molar-refractivity contribution in [2.75, 3.05) is 12.4 Å². The first-order chi connectivity index (χ1) is 8.81. The predicted molar refractivity (Wildman–Crippen MR) is 81.6 cm³/mol. The van der Waals surface area contributed by atoms with Gasteiger partial charge in [-0.05, 0) is 39.3 Å². The highest BCUT2D eigenvalue weighted by Crippen LogP contribution is 2.25. The lowest BCUT2D eigenvalue weighted by molar-refractivity contribution is 0.113. The van der Waals surface area contributed by atoms with Crippen LogP contribution in [0.5, 0.6) is 0 Å². The van der Waals surface area contributed by atoms with Gasteiger partial charge >= 0.3 is 0 Å². The minimum atomic E-state index is -0.658. The molecule has 0 heterocycles. The minimum absolute atomic E-state index is 0.0797. The van der Waals surface area contributed by atoms with Crippen LogP contribution in [0.4, 0.5) is 0 Å². The first-order valence-electron chi connectivity index (χ1n) is 6.58. The maximum absolute atomic E-state index is 9.44. The Hall–Kier alpha value is -0.550. The first-order valence-corrected chi connectivity index (χ1v) is 7.56. The molecule has 3 N–H and O–H groups in total. The number of thioether (sulfide) groups is 1. The summed E-state index contributed by atoms with van der Waals surface area (Å²) in [4.78, 5) is 1.16. The van der Waals surface area contributed by atoms with Gasteiger partial charge in [-0.1, -0.05) is 17.7 Å². The molecule has 0 saturated heterocycles. The summed E-state index contributed by atoms with van der Waals surface area (Å²) in [5.41, 5.74) is 2.55. The van der Waals surface area contributed by atoms with Crippen molar-refractivity contribution < 1.29 is 10.2 Å². The fourth-order valence-corrected chi connectivity index (χ4v) is 2.54. The lowest BCUT2D eigenvalue weighted by atomic mass is 10.1. The summed E-state index contributed by atoms with van der Waals surface area (Å²) in [7, 11) is 0. The number of hydrogen-bond donors (Lipinski definition) is 3. The van der Waals surface area contributed by atoms with Crippen LogP contribution in [0.2, 0.25) is 0 Å². The number of aliphatic hydroxyl groups is 2. The third-order valence-electron chi connectivity index (χ3n) is 2.67. The number of aryl methyl sites for hydroxylation is 1. The molecule has 0 aromatic heterocycles. The van der Waals surface area contributed by atoms with Crippen molar-refractivity contribution in [1.29, 1.82) is 0 Å². The van der Waals surface area contributed by atoms with E-state index in [2.05, 4.69) is 51.2 Å². The van der Waals surface area contributed by atoms with Crippen LogP contribution >= 0.6 is 11.8 Å². The van der Waals surface area contributed by atoms with E-state index in [1.807, 2.05) is 0 Å². The van der Waals surface area contributed by atoms with Gasteiger partial charge in [0.25, 0.3) is 0 Å². The quantitative estimate of drug-likeness (QED) is 0.701. The fourth-order valence-electron chi connectivity index (χ4n) is 1.59. The molecular weight excluding hydrogens is 258 g/mol. The molecule has 4 heteroatoms. The van der Waals surface area contributed by atoms with E-state index in [1.54, 1.807) is 11.8 Å². The van der Waals surface area contributed by atoms with Crippen LogP contribution in [0.15, 0.2) is 23.1 Å². The van der Waals surface area contributed by atoms with Gasteiger partial charge in [-0.25, -0.2) is 0 Å². The normalized spacial score (nSPS) is 13.6. The van der Waals surface area contributed by atoms with Crippen molar-refractivity contribution >= 4 is 11.8 Å². The maximum Gasteiger partial charge on any atom is 0.0864 e. The molecule has 1 atom stereocenters. The Bertz CT molecular complexity index is 402. The molecule has 0 aliphatic rings. The van der Waals surface area contributed by atoms with E-state index in [0.29, 0.717) is 5.75 Å². The molecule has 0 fully saturated rings. The van der Waals surface area contributed by atoms with Crippen molar-refractivity contribution in [2.45, 2.75) is 50.8 Å². The SMILES string of the molecule is Cc1ccc(SCC(O)CO)c(CNC(C)(C)C)c1. The molecular formula is C15H25NO2S. The molecule has 1 unspecified atom stereocenters. The van der Waals surface area contributed by atoms with E-state index in [4.69, 9.17) is 5.11 Å². The molecule has 0 radical (unpaired) electrons. The van der Waals surface area contributed by atoms with Gasteiger partial charge in [0.05, 0.1) is 12.7 Å². The van der Waals surface area contributed by atoms with Crippen LogP contribution in [0, 0.1) is 6.92 Å². The topological polar surface area (TPSA) is 52.5 Å². The van der Waals surface area contributed by atoms with Gasteiger partial charge < -0.3 is 15.5 Å². The van der Waals surface area contributed by atoms with Gasteiger partial charge in [-0.15, -0.1) is 11.8 Å². The second kappa shape index (κ2) is 7.29. The summed E-state index contributed by atoms with van der Waals surface area (Å²) in [6, 6.07) is 6.34. The highest BCUT2D eigenvalue weighted by atomic mass is 32.2. The molecule has 19 heavy (non-hydrogen) atoms. The number of nitrogens with one attached hydrogen (secondary N) is 1. The Balaban J connectivity index is 2.74. The van der Waals surface area contributed by atoms with Crippen molar-refractivity contribution in [3.63, 3.8) is 0 Å². The largest absolute Gasteiger partial charge is 0.394 e. The average Bonchev–Trinajstić information content (AvgIpc) is 2.33. The fraction of sp³-hybridized carbons (Fsp3) is 0.600. The Morgan fingerprint density at radius 1 is 1.32 bits per heavy atom. The Morgan fingerprint density at radius 2 is 2.00 bits per heavy atom. The molecule has 0 aliphatic heterocycles. The molecule has 0 aliphatic carbocycles. The third-order valence-corrected chi connectivity index (χ3v) is 3.93. The van der Waals surface area contributed by atoms with E-state index < -0.39 is 6.10 Å². The van der Waals surface area contributed by atoms with Crippen LogP contribution in [-0.4, -0.2) is 34.2 Å². The highest BCUT2D eigenvalue weighted by Gasteiger charge is 2.12. The second-order valence-electron chi connectivity index (χ2n) is 5.86. The van der Waals surface area contributed by atoms with Crippen molar-refractivity contribution in [3.05, 3.63) is 29.3 Å². The van der Waals surface area contributed by atoms with Crippen LogP contribution in [-0.2, 0) is 6.54 Å². The summed E-state index contributed by atoms with van der Waals surface area (Å²) in [5.74, 6) is 0.516. The number of benzene rings is 1. The molecule has 0 saturated carbocycles. The standard InChI is InChI=1S/C15H25NO2S/c1-11-5-6-14(19-10-13(18)9-17)12(7-11)8-16-15(2,3)4/h5-7,13,16-18H,8-10H2,1-4H3. The summed E-state index contributed by atoms with van der Waals surface area (Å²) in [5, 5.41) is 21.8.